The zero-order valence-electron chi connectivity index (χ0n) is 13.4. The lowest BCUT2D eigenvalue weighted by atomic mass is 9.95. The highest BCUT2D eigenvalue weighted by Gasteiger charge is 2.20. The molecule has 1 aliphatic heterocycles. The molecule has 25 heavy (non-hydrogen) atoms. The van der Waals surface area contributed by atoms with E-state index in [1.54, 1.807) is 12.1 Å². The maximum Gasteiger partial charge on any atom is 0.307 e. The summed E-state index contributed by atoms with van der Waals surface area (Å²) in [6, 6.07) is 10.9. The van der Waals surface area contributed by atoms with Crippen LogP contribution in [0.2, 0.25) is 5.02 Å². The quantitative estimate of drug-likeness (QED) is 0.761. The number of hydrogen-bond donors (Lipinski definition) is 1. The molecule has 1 aromatic heterocycles. The van der Waals surface area contributed by atoms with Crippen LogP contribution in [0.3, 0.4) is 0 Å². The van der Waals surface area contributed by atoms with Gasteiger partial charge in [0.25, 0.3) is 0 Å². The number of aromatic nitrogens is 1. The third kappa shape index (κ3) is 2.76. The van der Waals surface area contributed by atoms with Gasteiger partial charge in [-0.15, -0.1) is 0 Å². The molecule has 1 aliphatic rings. The summed E-state index contributed by atoms with van der Waals surface area (Å²) < 4.78 is 10.9. The van der Waals surface area contributed by atoms with Crippen molar-refractivity contribution in [2.24, 2.45) is 0 Å². The number of ether oxygens (including phenoxy) is 2. The molecule has 0 saturated carbocycles. The number of rotatable bonds is 3. The number of aryl methyl sites for hydroxylation is 1. The fourth-order valence-corrected chi connectivity index (χ4v) is 3.19. The van der Waals surface area contributed by atoms with Crippen molar-refractivity contribution in [1.82, 2.24) is 4.98 Å². The number of pyridine rings is 1. The van der Waals surface area contributed by atoms with Gasteiger partial charge < -0.3 is 14.6 Å². The molecule has 6 heteroatoms. The SMILES string of the molecule is Cc1c(CC(=O)O)c(-c2ccc(Cl)cc2)nc2cc3c(cc12)OCO3. The third-order valence-corrected chi connectivity index (χ3v) is 4.56. The topological polar surface area (TPSA) is 68.7 Å². The molecule has 0 amide bonds. The summed E-state index contributed by atoms with van der Waals surface area (Å²) in [7, 11) is 0. The Kier molecular flexibility index (Phi) is 3.73. The fraction of sp³-hybridized carbons (Fsp3) is 0.158. The summed E-state index contributed by atoms with van der Waals surface area (Å²) in [6.07, 6.45) is -0.110. The van der Waals surface area contributed by atoms with Crippen LogP contribution >= 0.6 is 11.6 Å². The van der Waals surface area contributed by atoms with Crippen LogP contribution in [-0.4, -0.2) is 22.9 Å². The molecule has 0 radical (unpaired) electrons. The van der Waals surface area contributed by atoms with Crippen molar-refractivity contribution in [2.75, 3.05) is 6.79 Å². The molecule has 0 unspecified atom stereocenters. The maximum absolute atomic E-state index is 11.4. The van der Waals surface area contributed by atoms with Gasteiger partial charge in [-0.2, -0.15) is 0 Å². The average molecular weight is 356 g/mol. The van der Waals surface area contributed by atoms with Crippen LogP contribution in [-0.2, 0) is 11.2 Å². The number of nitrogens with zero attached hydrogens (tertiary/aromatic N) is 1. The molecule has 0 atom stereocenters. The van der Waals surface area contributed by atoms with Gasteiger partial charge in [0.15, 0.2) is 11.5 Å². The van der Waals surface area contributed by atoms with E-state index < -0.39 is 5.97 Å². The van der Waals surface area contributed by atoms with E-state index in [1.165, 1.54) is 0 Å². The molecule has 3 aromatic rings. The molecule has 4 rings (SSSR count). The van der Waals surface area contributed by atoms with Gasteiger partial charge in [0, 0.05) is 22.0 Å². The molecule has 2 heterocycles. The molecule has 126 valence electrons. The maximum atomic E-state index is 11.4. The minimum absolute atomic E-state index is 0.110. The van der Waals surface area contributed by atoms with Gasteiger partial charge in [-0.25, -0.2) is 4.98 Å². The van der Waals surface area contributed by atoms with Crippen molar-refractivity contribution in [1.29, 1.82) is 0 Å². The van der Waals surface area contributed by atoms with Crippen LogP contribution in [0.15, 0.2) is 36.4 Å². The van der Waals surface area contributed by atoms with Crippen molar-refractivity contribution in [3.63, 3.8) is 0 Å². The summed E-state index contributed by atoms with van der Waals surface area (Å²) in [4.78, 5) is 16.1. The Hall–Kier alpha value is -2.79. The number of hydrogen-bond acceptors (Lipinski definition) is 4. The predicted molar refractivity (Wildman–Crippen MR) is 94.4 cm³/mol. The molecule has 0 spiro atoms. The second-order valence-electron chi connectivity index (χ2n) is 5.86. The van der Waals surface area contributed by atoms with Crippen molar-refractivity contribution in [3.05, 3.63) is 52.5 Å². The van der Waals surface area contributed by atoms with E-state index in [1.807, 2.05) is 31.2 Å². The first kappa shape index (κ1) is 15.7. The van der Waals surface area contributed by atoms with Crippen LogP contribution < -0.4 is 9.47 Å². The highest BCUT2D eigenvalue weighted by Crippen LogP contribution is 2.39. The van der Waals surface area contributed by atoms with Crippen molar-refractivity contribution in [3.8, 4) is 22.8 Å². The van der Waals surface area contributed by atoms with Gasteiger partial charge >= 0.3 is 5.97 Å². The first-order valence-corrected chi connectivity index (χ1v) is 8.11. The van der Waals surface area contributed by atoms with Gasteiger partial charge in [-0.3, -0.25) is 4.79 Å². The van der Waals surface area contributed by atoms with Crippen molar-refractivity contribution < 1.29 is 19.4 Å². The standard InChI is InChI=1S/C19H14ClNO4/c1-10-13-6-16-17(25-9-24-16)8-15(13)21-19(14(10)7-18(22)23)11-2-4-12(20)5-3-11/h2-6,8H,7,9H2,1H3,(H,22,23). The monoisotopic (exact) mass is 355 g/mol. The smallest absolute Gasteiger partial charge is 0.307 e. The Labute approximate surface area is 148 Å². The highest BCUT2D eigenvalue weighted by molar-refractivity contribution is 6.30. The van der Waals surface area contributed by atoms with Crippen molar-refractivity contribution >= 4 is 28.5 Å². The zero-order chi connectivity index (χ0) is 17.6. The van der Waals surface area contributed by atoms with Crippen LogP contribution in [0.25, 0.3) is 22.2 Å². The minimum Gasteiger partial charge on any atom is -0.481 e. The van der Waals surface area contributed by atoms with E-state index >= 15 is 0 Å². The van der Waals surface area contributed by atoms with Gasteiger partial charge in [0.05, 0.1) is 17.6 Å². The van der Waals surface area contributed by atoms with Gasteiger partial charge in [-0.05, 0) is 36.2 Å². The number of carboxylic acids is 1. The molecule has 0 bridgehead atoms. The molecular weight excluding hydrogens is 342 g/mol. The number of carboxylic acid groups (broad SMARTS) is 1. The first-order valence-electron chi connectivity index (χ1n) is 7.73. The van der Waals surface area contributed by atoms with Crippen LogP contribution in [0.4, 0.5) is 0 Å². The molecule has 0 aliphatic carbocycles. The molecular formula is C19H14ClNO4. The number of carbonyl (C=O) groups is 1. The fourth-order valence-electron chi connectivity index (χ4n) is 3.07. The Balaban J connectivity index is 2.00. The summed E-state index contributed by atoms with van der Waals surface area (Å²) >= 11 is 5.97. The van der Waals surface area contributed by atoms with Crippen molar-refractivity contribution in [2.45, 2.75) is 13.3 Å². The average Bonchev–Trinajstić information content (AvgIpc) is 3.03. The second-order valence-corrected chi connectivity index (χ2v) is 6.30. The minimum atomic E-state index is -0.903. The summed E-state index contributed by atoms with van der Waals surface area (Å²) in [5, 5.41) is 10.8. The Morgan fingerprint density at radius 1 is 1.20 bits per heavy atom. The summed E-state index contributed by atoms with van der Waals surface area (Å²) in [5.41, 5.74) is 3.75. The number of halogens is 1. The van der Waals surface area contributed by atoms with Crippen LogP contribution in [0.5, 0.6) is 11.5 Å². The Morgan fingerprint density at radius 2 is 1.88 bits per heavy atom. The molecule has 2 aromatic carbocycles. The highest BCUT2D eigenvalue weighted by atomic mass is 35.5. The number of fused-ring (bicyclic) bond motifs is 2. The van der Waals surface area contributed by atoms with Crippen LogP contribution in [0.1, 0.15) is 11.1 Å². The summed E-state index contributed by atoms with van der Waals surface area (Å²) in [6.45, 7) is 2.08. The first-order chi connectivity index (χ1) is 12.0. The molecule has 0 fully saturated rings. The van der Waals surface area contributed by atoms with Crippen LogP contribution in [0, 0.1) is 6.92 Å². The number of benzene rings is 2. The Morgan fingerprint density at radius 3 is 2.56 bits per heavy atom. The zero-order valence-corrected chi connectivity index (χ0v) is 14.1. The van der Waals surface area contributed by atoms with E-state index in [-0.39, 0.29) is 13.2 Å². The predicted octanol–water partition coefficient (Wildman–Crippen LogP) is 4.22. The van der Waals surface area contributed by atoms with Gasteiger partial charge in [-0.1, -0.05) is 23.7 Å². The Bertz CT molecular complexity index is 999. The molecule has 1 N–H and O–H groups in total. The lowest BCUT2D eigenvalue weighted by molar-refractivity contribution is -0.136. The number of aliphatic carboxylic acids is 1. The van der Waals surface area contributed by atoms with Gasteiger partial charge in [0.1, 0.15) is 0 Å². The van der Waals surface area contributed by atoms with E-state index in [0.29, 0.717) is 27.8 Å². The molecule has 0 saturated heterocycles. The van der Waals surface area contributed by atoms with E-state index in [9.17, 15) is 9.90 Å². The summed E-state index contributed by atoms with van der Waals surface area (Å²) in [5.74, 6) is 0.394. The lowest BCUT2D eigenvalue weighted by Crippen LogP contribution is -2.06. The normalized spacial score (nSPS) is 12.6. The van der Waals surface area contributed by atoms with Gasteiger partial charge in [0.2, 0.25) is 6.79 Å². The lowest BCUT2D eigenvalue weighted by Gasteiger charge is -2.14. The molecule has 5 nitrogen and oxygen atoms in total. The van der Waals surface area contributed by atoms with E-state index in [4.69, 9.17) is 26.1 Å². The third-order valence-electron chi connectivity index (χ3n) is 4.31. The second kappa shape index (κ2) is 5.93. The van der Waals surface area contributed by atoms with E-state index in [2.05, 4.69) is 0 Å². The van der Waals surface area contributed by atoms with E-state index in [0.717, 1.165) is 22.0 Å². The largest absolute Gasteiger partial charge is 0.481 e.